The van der Waals surface area contributed by atoms with Crippen molar-refractivity contribution in [3.63, 3.8) is 0 Å². The molecule has 1 aromatic heterocycles. The third-order valence-corrected chi connectivity index (χ3v) is 3.61. The van der Waals surface area contributed by atoms with Gasteiger partial charge in [0.2, 0.25) is 0 Å². The van der Waals surface area contributed by atoms with Gasteiger partial charge in [0.05, 0.1) is 11.3 Å². The Morgan fingerprint density at radius 3 is 2.70 bits per heavy atom. The number of nitrogens with zero attached hydrogens (tertiary/aromatic N) is 2. The van der Waals surface area contributed by atoms with Crippen LogP contribution < -0.4 is 16.6 Å². The summed E-state index contributed by atoms with van der Waals surface area (Å²) in [6.45, 7) is 0.197. The number of aryl methyl sites for hydroxylation is 1. The molecule has 1 N–H and O–H groups in total. The van der Waals surface area contributed by atoms with Gasteiger partial charge in [-0.15, -0.1) is 0 Å². The standard InChI is InChI=1S/C13H13BrFN3O2/c1-17-7-8(12(19)18(2)13(17)20)6-16-11-5-9(15)3-4-10(11)14/h3-5,7,16H,6H2,1-2H3. The Labute approximate surface area is 122 Å². The van der Waals surface area contributed by atoms with Crippen molar-refractivity contribution in [1.82, 2.24) is 9.13 Å². The highest BCUT2D eigenvalue weighted by atomic mass is 79.9. The van der Waals surface area contributed by atoms with E-state index in [1.807, 2.05) is 0 Å². The van der Waals surface area contributed by atoms with Gasteiger partial charge >= 0.3 is 5.69 Å². The molecule has 0 aliphatic carbocycles. The Kier molecular flexibility index (Phi) is 4.08. The lowest BCUT2D eigenvalue weighted by Gasteiger charge is -2.10. The minimum Gasteiger partial charge on any atom is -0.380 e. The Hall–Kier alpha value is -1.89. The van der Waals surface area contributed by atoms with E-state index >= 15 is 0 Å². The predicted octanol–water partition coefficient (Wildman–Crippen LogP) is 1.60. The summed E-state index contributed by atoms with van der Waals surface area (Å²) in [5.74, 6) is -0.371. The summed E-state index contributed by atoms with van der Waals surface area (Å²) in [5, 5.41) is 2.97. The smallest absolute Gasteiger partial charge is 0.330 e. The van der Waals surface area contributed by atoms with Crippen LogP contribution in [-0.2, 0) is 20.6 Å². The van der Waals surface area contributed by atoms with Crippen molar-refractivity contribution in [3.05, 3.63) is 61.1 Å². The maximum Gasteiger partial charge on any atom is 0.330 e. The van der Waals surface area contributed by atoms with Crippen LogP contribution in [0.25, 0.3) is 0 Å². The maximum absolute atomic E-state index is 13.2. The second-order valence-corrected chi connectivity index (χ2v) is 5.24. The van der Waals surface area contributed by atoms with Crippen LogP contribution in [0.2, 0.25) is 0 Å². The van der Waals surface area contributed by atoms with Crippen LogP contribution in [-0.4, -0.2) is 9.13 Å². The van der Waals surface area contributed by atoms with Crippen molar-refractivity contribution in [2.75, 3.05) is 5.32 Å². The van der Waals surface area contributed by atoms with Gasteiger partial charge in [-0.25, -0.2) is 9.18 Å². The van der Waals surface area contributed by atoms with E-state index in [0.717, 1.165) is 4.57 Å². The number of rotatable bonds is 3. The fourth-order valence-corrected chi connectivity index (χ4v) is 2.21. The minimum atomic E-state index is -0.384. The average Bonchev–Trinajstić information content (AvgIpc) is 2.42. The molecule has 0 aliphatic rings. The summed E-state index contributed by atoms with van der Waals surface area (Å²) < 4.78 is 16.2. The number of hydrogen-bond donors (Lipinski definition) is 1. The van der Waals surface area contributed by atoms with Gasteiger partial charge in [0, 0.05) is 31.3 Å². The Bertz CT molecular complexity index is 767. The normalized spacial score (nSPS) is 10.6. The summed E-state index contributed by atoms with van der Waals surface area (Å²) in [5.41, 5.74) is 0.213. The van der Waals surface area contributed by atoms with Gasteiger partial charge < -0.3 is 9.88 Å². The number of halogens is 2. The van der Waals surface area contributed by atoms with E-state index < -0.39 is 0 Å². The first-order chi connectivity index (χ1) is 9.40. The lowest BCUT2D eigenvalue weighted by Crippen LogP contribution is -2.38. The summed E-state index contributed by atoms with van der Waals surface area (Å²) in [6.07, 6.45) is 1.48. The summed E-state index contributed by atoms with van der Waals surface area (Å²) in [4.78, 5) is 23.5. The number of hydrogen-bond acceptors (Lipinski definition) is 3. The zero-order chi connectivity index (χ0) is 14.9. The molecular formula is C13H13BrFN3O2. The highest BCUT2D eigenvalue weighted by Gasteiger charge is 2.08. The molecule has 0 radical (unpaired) electrons. The second kappa shape index (κ2) is 5.62. The highest BCUT2D eigenvalue weighted by Crippen LogP contribution is 2.23. The van der Waals surface area contributed by atoms with Crippen molar-refractivity contribution in [1.29, 1.82) is 0 Å². The molecule has 1 heterocycles. The quantitative estimate of drug-likeness (QED) is 0.922. The van der Waals surface area contributed by atoms with Crippen LogP contribution in [0.1, 0.15) is 5.56 Å². The first-order valence-electron chi connectivity index (χ1n) is 5.84. The fourth-order valence-electron chi connectivity index (χ4n) is 1.83. The van der Waals surface area contributed by atoms with Crippen molar-refractivity contribution < 1.29 is 4.39 Å². The molecule has 106 valence electrons. The van der Waals surface area contributed by atoms with Crippen LogP contribution in [0.5, 0.6) is 0 Å². The summed E-state index contributed by atoms with van der Waals surface area (Å²) in [7, 11) is 3.00. The van der Waals surface area contributed by atoms with Crippen molar-refractivity contribution in [2.24, 2.45) is 14.1 Å². The van der Waals surface area contributed by atoms with Gasteiger partial charge in [0.25, 0.3) is 5.56 Å². The molecule has 0 atom stereocenters. The molecule has 0 saturated carbocycles. The van der Waals surface area contributed by atoms with Gasteiger partial charge in [-0.1, -0.05) is 0 Å². The molecule has 0 spiro atoms. The molecule has 0 unspecified atom stereocenters. The van der Waals surface area contributed by atoms with E-state index in [4.69, 9.17) is 0 Å². The molecule has 7 heteroatoms. The van der Waals surface area contributed by atoms with Gasteiger partial charge in [-0.05, 0) is 34.1 Å². The maximum atomic E-state index is 13.2. The topological polar surface area (TPSA) is 56.0 Å². The van der Waals surface area contributed by atoms with Crippen molar-refractivity contribution >= 4 is 21.6 Å². The highest BCUT2D eigenvalue weighted by molar-refractivity contribution is 9.10. The molecule has 0 fully saturated rings. The number of benzene rings is 1. The van der Waals surface area contributed by atoms with Crippen molar-refractivity contribution in [2.45, 2.75) is 6.54 Å². The molecule has 0 bridgehead atoms. The third-order valence-electron chi connectivity index (χ3n) is 2.92. The Morgan fingerprint density at radius 1 is 1.30 bits per heavy atom. The average molecular weight is 342 g/mol. The molecule has 2 rings (SSSR count). The van der Waals surface area contributed by atoms with E-state index in [9.17, 15) is 14.0 Å². The molecule has 0 amide bonds. The first-order valence-corrected chi connectivity index (χ1v) is 6.64. The Balaban J connectivity index is 2.30. The number of aromatic nitrogens is 2. The predicted molar refractivity (Wildman–Crippen MR) is 78.4 cm³/mol. The monoisotopic (exact) mass is 341 g/mol. The van der Waals surface area contributed by atoms with Crippen molar-refractivity contribution in [3.8, 4) is 0 Å². The number of anilines is 1. The van der Waals surface area contributed by atoms with E-state index in [-0.39, 0.29) is 23.6 Å². The third kappa shape index (κ3) is 2.82. The van der Waals surface area contributed by atoms with Gasteiger partial charge in [-0.2, -0.15) is 0 Å². The molecular weight excluding hydrogens is 329 g/mol. The zero-order valence-corrected chi connectivity index (χ0v) is 12.6. The molecule has 20 heavy (non-hydrogen) atoms. The fraction of sp³-hybridized carbons (Fsp3) is 0.231. The first kappa shape index (κ1) is 14.5. The largest absolute Gasteiger partial charge is 0.380 e. The summed E-state index contributed by atoms with van der Waals surface area (Å²) in [6, 6.07) is 4.24. The van der Waals surface area contributed by atoms with Gasteiger partial charge in [0.1, 0.15) is 5.82 Å². The minimum absolute atomic E-state index is 0.197. The van der Waals surface area contributed by atoms with E-state index in [1.54, 1.807) is 13.1 Å². The van der Waals surface area contributed by atoms with Crippen LogP contribution in [0.4, 0.5) is 10.1 Å². The molecule has 5 nitrogen and oxygen atoms in total. The SMILES string of the molecule is Cn1cc(CNc2cc(F)ccc2Br)c(=O)n(C)c1=O. The lowest BCUT2D eigenvalue weighted by atomic mass is 10.2. The van der Waals surface area contributed by atoms with E-state index in [2.05, 4.69) is 21.2 Å². The van der Waals surface area contributed by atoms with Crippen LogP contribution >= 0.6 is 15.9 Å². The van der Waals surface area contributed by atoms with Gasteiger partial charge in [-0.3, -0.25) is 9.36 Å². The lowest BCUT2D eigenvalue weighted by molar-refractivity contribution is 0.628. The zero-order valence-electron chi connectivity index (χ0n) is 11.0. The van der Waals surface area contributed by atoms with Crippen LogP contribution in [0.3, 0.4) is 0 Å². The molecule has 2 aromatic rings. The van der Waals surface area contributed by atoms with Crippen LogP contribution in [0.15, 0.2) is 38.5 Å². The second-order valence-electron chi connectivity index (χ2n) is 4.39. The summed E-state index contributed by atoms with van der Waals surface area (Å²) >= 11 is 3.30. The van der Waals surface area contributed by atoms with Crippen LogP contribution in [0, 0.1) is 5.82 Å². The number of nitrogens with one attached hydrogen (secondary N) is 1. The molecule has 1 aromatic carbocycles. The van der Waals surface area contributed by atoms with E-state index in [0.29, 0.717) is 15.7 Å². The van der Waals surface area contributed by atoms with Gasteiger partial charge in [0.15, 0.2) is 0 Å². The Morgan fingerprint density at radius 2 is 2.00 bits per heavy atom. The molecule has 0 aliphatic heterocycles. The molecule has 0 saturated heterocycles. The van der Waals surface area contributed by atoms with E-state index in [1.165, 1.54) is 29.9 Å².